The molecule has 0 unspecified atom stereocenters. The van der Waals surface area contributed by atoms with Gasteiger partial charge in [-0.25, -0.2) is 0 Å². The van der Waals surface area contributed by atoms with Crippen molar-refractivity contribution in [2.75, 3.05) is 0 Å². The molecule has 38 heavy (non-hydrogen) atoms. The molecule has 3 heteroatoms. The minimum Gasteiger partial charge on any atom is -0.333 e. The average Bonchev–Trinajstić information content (AvgIpc) is 3.11. The largest absolute Gasteiger partial charge is 0.333 e. The summed E-state index contributed by atoms with van der Waals surface area (Å²) in [5.74, 6) is 1.29. The predicted octanol–water partition coefficient (Wildman–Crippen LogP) is 9.98. The van der Waals surface area contributed by atoms with Crippen LogP contribution in [0.2, 0.25) is 0 Å². The number of imidazole rings is 1. The van der Waals surface area contributed by atoms with Gasteiger partial charge < -0.3 is 4.40 Å². The van der Waals surface area contributed by atoms with Crippen molar-refractivity contribution in [1.29, 1.82) is 0 Å². The summed E-state index contributed by atoms with van der Waals surface area (Å²) in [7, 11) is 0. The number of aromatic nitrogens is 2. The van der Waals surface area contributed by atoms with Crippen molar-refractivity contribution in [3.8, 4) is 11.3 Å². The minimum atomic E-state index is 0. The van der Waals surface area contributed by atoms with Gasteiger partial charge in [-0.2, -0.15) is 0 Å². The van der Waals surface area contributed by atoms with Crippen molar-refractivity contribution in [2.24, 2.45) is 0 Å². The predicted molar refractivity (Wildman–Crippen MR) is 155 cm³/mol. The Kier molecular flexibility index (Phi) is 7.68. The van der Waals surface area contributed by atoms with Crippen LogP contribution in [0.15, 0.2) is 66.9 Å². The van der Waals surface area contributed by atoms with Crippen LogP contribution >= 0.6 is 0 Å². The third kappa shape index (κ3) is 4.52. The van der Waals surface area contributed by atoms with Crippen LogP contribution in [0.1, 0.15) is 100 Å². The molecule has 0 N–H and O–H groups in total. The van der Waals surface area contributed by atoms with Crippen LogP contribution in [0, 0.1) is 6.07 Å². The van der Waals surface area contributed by atoms with Crippen molar-refractivity contribution in [2.45, 2.75) is 88.9 Å². The Bertz CT molecular complexity index is 1510. The summed E-state index contributed by atoms with van der Waals surface area (Å²) in [5, 5.41) is 3.64. The van der Waals surface area contributed by atoms with Gasteiger partial charge in [0.2, 0.25) is 0 Å². The number of para-hydroxylation sites is 1. The number of nitrogens with zero attached hydrogens (tertiary/aromatic N) is 2. The summed E-state index contributed by atoms with van der Waals surface area (Å²) in [6, 6.07) is 26.0. The molecule has 2 heterocycles. The van der Waals surface area contributed by atoms with Crippen molar-refractivity contribution < 1.29 is 20.1 Å². The van der Waals surface area contributed by atoms with Crippen LogP contribution in [0.4, 0.5) is 0 Å². The molecule has 2 aromatic heterocycles. The summed E-state index contributed by atoms with van der Waals surface area (Å²) in [6.07, 6.45) is 18.4. The van der Waals surface area contributed by atoms with Gasteiger partial charge in [-0.05, 0) is 60.1 Å². The normalized spacial score (nSPS) is 17.9. The molecule has 2 aliphatic rings. The van der Waals surface area contributed by atoms with E-state index in [0.29, 0.717) is 11.8 Å². The fraction of sp³-hybridized carbons (Fsp3) is 0.400. The SMILES string of the molecule is [Ir].[c-]1cccc2c1c1ncc(-c3c(C4CCCCCC4)cccc3C3CCCCCC3)n1c1ccccc21. The van der Waals surface area contributed by atoms with Crippen LogP contribution in [0.5, 0.6) is 0 Å². The Morgan fingerprint density at radius 2 is 1.26 bits per heavy atom. The summed E-state index contributed by atoms with van der Waals surface area (Å²) in [4.78, 5) is 5.11. The summed E-state index contributed by atoms with van der Waals surface area (Å²) in [5.41, 5.74) is 8.21. The van der Waals surface area contributed by atoms with Crippen molar-refractivity contribution >= 4 is 27.3 Å². The zero-order valence-corrected chi connectivity index (χ0v) is 24.6. The molecule has 2 saturated carbocycles. The zero-order valence-electron chi connectivity index (χ0n) is 22.2. The van der Waals surface area contributed by atoms with E-state index in [1.165, 1.54) is 105 Å². The Morgan fingerprint density at radius 1 is 0.658 bits per heavy atom. The van der Waals surface area contributed by atoms with Crippen molar-refractivity contribution in [1.82, 2.24) is 9.38 Å². The Hall–Kier alpha value is -2.48. The van der Waals surface area contributed by atoms with Crippen LogP contribution in [-0.4, -0.2) is 9.38 Å². The van der Waals surface area contributed by atoms with Crippen LogP contribution in [0.3, 0.4) is 0 Å². The number of benzene rings is 3. The number of pyridine rings is 1. The smallest absolute Gasteiger partial charge is 0.0639 e. The number of hydrogen-bond donors (Lipinski definition) is 0. The molecule has 0 amide bonds. The first kappa shape index (κ1) is 25.8. The molecule has 0 atom stereocenters. The van der Waals surface area contributed by atoms with Gasteiger partial charge in [0.1, 0.15) is 0 Å². The average molecular weight is 678 g/mol. The van der Waals surface area contributed by atoms with Gasteiger partial charge in [-0.3, -0.25) is 4.98 Å². The summed E-state index contributed by atoms with van der Waals surface area (Å²) >= 11 is 0. The molecule has 1 radical (unpaired) electrons. The molecule has 2 nitrogen and oxygen atoms in total. The van der Waals surface area contributed by atoms with Gasteiger partial charge in [0.15, 0.2) is 0 Å². The van der Waals surface area contributed by atoms with E-state index in [1.54, 1.807) is 11.1 Å². The molecular weight excluding hydrogens is 641 g/mol. The van der Waals surface area contributed by atoms with E-state index in [9.17, 15) is 0 Å². The molecule has 197 valence electrons. The van der Waals surface area contributed by atoms with Gasteiger partial charge in [-0.15, -0.1) is 29.7 Å². The number of hydrogen-bond acceptors (Lipinski definition) is 1. The van der Waals surface area contributed by atoms with E-state index in [1.807, 2.05) is 6.07 Å². The third-order valence-corrected chi connectivity index (χ3v) is 9.25. The fourth-order valence-corrected chi connectivity index (χ4v) is 7.44. The van der Waals surface area contributed by atoms with E-state index in [0.717, 1.165) is 11.0 Å². The zero-order chi connectivity index (χ0) is 24.6. The van der Waals surface area contributed by atoms with Crippen molar-refractivity contribution in [3.05, 3.63) is 84.1 Å². The molecule has 2 aliphatic carbocycles. The second kappa shape index (κ2) is 11.3. The summed E-state index contributed by atoms with van der Waals surface area (Å²) < 4.78 is 2.46. The molecule has 0 saturated heterocycles. The minimum absolute atomic E-state index is 0. The van der Waals surface area contributed by atoms with Gasteiger partial charge in [0.25, 0.3) is 0 Å². The maximum atomic E-state index is 5.11. The molecule has 5 aromatic rings. The maximum Gasteiger partial charge on any atom is 0.0639 e. The maximum absolute atomic E-state index is 5.11. The van der Waals surface area contributed by atoms with Crippen LogP contribution < -0.4 is 0 Å². The first-order valence-electron chi connectivity index (χ1n) is 14.7. The topological polar surface area (TPSA) is 17.3 Å². The molecule has 0 bridgehead atoms. The number of fused-ring (bicyclic) bond motifs is 6. The van der Waals surface area contributed by atoms with Crippen molar-refractivity contribution in [3.63, 3.8) is 0 Å². The number of rotatable bonds is 3. The molecular formula is C35H37IrN2-. The Labute approximate surface area is 240 Å². The van der Waals surface area contributed by atoms with Crippen LogP contribution in [-0.2, 0) is 20.1 Å². The second-order valence-electron chi connectivity index (χ2n) is 11.5. The molecule has 0 aliphatic heterocycles. The monoisotopic (exact) mass is 678 g/mol. The van der Waals surface area contributed by atoms with E-state index in [-0.39, 0.29) is 20.1 Å². The first-order valence-corrected chi connectivity index (χ1v) is 14.7. The van der Waals surface area contributed by atoms with Gasteiger partial charge >= 0.3 is 0 Å². The Morgan fingerprint density at radius 3 is 1.92 bits per heavy atom. The van der Waals surface area contributed by atoms with Crippen LogP contribution in [0.25, 0.3) is 38.6 Å². The van der Waals surface area contributed by atoms with Gasteiger partial charge in [-0.1, -0.05) is 93.2 Å². The van der Waals surface area contributed by atoms with Gasteiger partial charge in [0.05, 0.1) is 11.3 Å². The van der Waals surface area contributed by atoms with E-state index in [4.69, 9.17) is 4.98 Å². The van der Waals surface area contributed by atoms with E-state index < -0.39 is 0 Å². The van der Waals surface area contributed by atoms with E-state index >= 15 is 0 Å². The fourth-order valence-electron chi connectivity index (χ4n) is 7.44. The molecule has 7 rings (SSSR count). The molecule has 0 spiro atoms. The molecule has 2 fully saturated rings. The first-order chi connectivity index (χ1) is 18.4. The van der Waals surface area contributed by atoms with E-state index in [2.05, 4.69) is 71.3 Å². The Balaban J connectivity index is 0.00000264. The summed E-state index contributed by atoms with van der Waals surface area (Å²) in [6.45, 7) is 0. The quantitative estimate of drug-likeness (QED) is 0.106. The second-order valence-corrected chi connectivity index (χ2v) is 11.5. The molecule has 3 aromatic carbocycles. The third-order valence-electron chi connectivity index (χ3n) is 9.25. The standard InChI is InChI=1S/C35H37N2.Ir/c1-2-6-15-25(14-5-1)27-21-13-22-28(26-16-7-3-4-8-17-26)34(27)33-24-36-35-31-20-10-9-18-29(31)30-19-11-12-23-32(30)37(33)35;/h9-13,18-19,21-26H,1-8,14-17H2;/q-1;. The van der Waals surface area contributed by atoms with Gasteiger partial charge in [0, 0.05) is 37.4 Å².